The Morgan fingerprint density at radius 1 is 1.12 bits per heavy atom. The van der Waals surface area contributed by atoms with Crippen molar-refractivity contribution >= 4 is 33.0 Å². The van der Waals surface area contributed by atoms with Gasteiger partial charge in [-0.25, -0.2) is 8.42 Å². The lowest BCUT2D eigenvalue weighted by Gasteiger charge is -2.12. The first-order chi connectivity index (χ1) is 11.3. The van der Waals surface area contributed by atoms with E-state index in [1.165, 1.54) is 38.5 Å². The second-order valence-electron chi connectivity index (χ2n) is 4.54. The van der Waals surface area contributed by atoms with E-state index >= 15 is 0 Å². The fourth-order valence-corrected chi connectivity index (χ4v) is 3.34. The van der Waals surface area contributed by atoms with E-state index in [4.69, 9.17) is 21.1 Å². The van der Waals surface area contributed by atoms with Gasteiger partial charge in [0.2, 0.25) is 0 Å². The van der Waals surface area contributed by atoms with Crippen molar-refractivity contribution in [2.45, 2.75) is 4.90 Å². The molecule has 0 spiro atoms. The van der Waals surface area contributed by atoms with Crippen LogP contribution in [0.2, 0.25) is 5.02 Å². The van der Waals surface area contributed by atoms with Crippen LogP contribution in [0.15, 0.2) is 41.3 Å². The first-order valence-electron chi connectivity index (χ1n) is 6.47. The second-order valence-corrected chi connectivity index (χ2v) is 6.63. The maximum atomic E-state index is 12.6. The molecule has 0 aliphatic carbocycles. The molecule has 24 heavy (non-hydrogen) atoms. The molecule has 128 valence electrons. The fraction of sp³-hybridized carbons (Fsp3) is 0.143. The summed E-state index contributed by atoms with van der Waals surface area (Å²) in [6.45, 7) is 0. The molecule has 10 heteroatoms. The summed E-state index contributed by atoms with van der Waals surface area (Å²) in [5.41, 5.74) is -0.544. The zero-order chi connectivity index (χ0) is 17.9. The van der Waals surface area contributed by atoms with Gasteiger partial charge < -0.3 is 9.47 Å². The van der Waals surface area contributed by atoms with Gasteiger partial charge in [-0.1, -0.05) is 11.6 Å². The van der Waals surface area contributed by atoms with Crippen LogP contribution in [-0.2, 0) is 10.0 Å². The van der Waals surface area contributed by atoms with Crippen molar-refractivity contribution in [2.75, 3.05) is 18.9 Å². The maximum absolute atomic E-state index is 12.6. The van der Waals surface area contributed by atoms with Gasteiger partial charge in [0.15, 0.2) is 4.90 Å². The van der Waals surface area contributed by atoms with Crippen molar-refractivity contribution in [2.24, 2.45) is 0 Å². The molecule has 0 amide bonds. The largest absolute Gasteiger partial charge is 0.497 e. The Morgan fingerprint density at radius 2 is 1.83 bits per heavy atom. The van der Waals surface area contributed by atoms with Gasteiger partial charge in [-0.3, -0.25) is 14.8 Å². The molecule has 0 fully saturated rings. The molecule has 8 nitrogen and oxygen atoms in total. The number of rotatable bonds is 6. The highest BCUT2D eigenvalue weighted by atomic mass is 35.5. The summed E-state index contributed by atoms with van der Waals surface area (Å²) in [6.07, 6.45) is 0. The number of nitro benzene ring substituents is 1. The van der Waals surface area contributed by atoms with Crippen LogP contribution in [-0.4, -0.2) is 27.6 Å². The van der Waals surface area contributed by atoms with E-state index in [0.29, 0.717) is 0 Å². The Balaban J connectivity index is 2.52. The Labute approximate surface area is 143 Å². The van der Waals surface area contributed by atoms with Crippen LogP contribution < -0.4 is 14.2 Å². The molecule has 0 bridgehead atoms. The summed E-state index contributed by atoms with van der Waals surface area (Å²) < 4.78 is 37.3. The number of anilines is 1. The van der Waals surface area contributed by atoms with E-state index in [1.54, 1.807) is 0 Å². The van der Waals surface area contributed by atoms with Gasteiger partial charge in [0, 0.05) is 5.02 Å². The first kappa shape index (κ1) is 17.8. The average molecular weight is 373 g/mol. The number of halogens is 1. The van der Waals surface area contributed by atoms with Crippen LogP contribution in [0.5, 0.6) is 11.5 Å². The molecule has 0 radical (unpaired) electrons. The number of hydrogen-bond donors (Lipinski definition) is 1. The number of ether oxygens (including phenoxy) is 2. The minimum absolute atomic E-state index is 0.0649. The molecular formula is C14H13ClN2O6S. The van der Waals surface area contributed by atoms with E-state index in [-0.39, 0.29) is 22.2 Å². The van der Waals surface area contributed by atoms with E-state index in [1.807, 2.05) is 0 Å². The number of nitrogens with zero attached hydrogens (tertiary/aromatic N) is 1. The normalized spacial score (nSPS) is 11.0. The number of nitro groups is 1. The maximum Gasteiger partial charge on any atom is 0.293 e. The molecule has 2 rings (SSSR count). The van der Waals surface area contributed by atoms with E-state index in [9.17, 15) is 18.5 Å². The number of benzene rings is 2. The average Bonchev–Trinajstić information content (AvgIpc) is 2.54. The van der Waals surface area contributed by atoms with E-state index in [0.717, 1.165) is 12.1 Å². The number of methoxy groups -OCH3 is 2. The van der Waals surface area contributed by atoms with Gasteiger partial charge >= 0.3 is 0 Å². The van der Waals surface area contributed by atoms with Gasteiger partial charge in [-0.2, -0.15) is 0 Å². The zero-order valence-corrected chi connectivity index (χ0v) is 14.2. The lowest BCUT2D eigenvalue weighted by atomic mass is 10.3. The van der Waals surface area contributed by atoms with Gasteiger partial charge in [0.05, 0.1) is 30.9 Å². The van der Waals surface area contributed by atoms with Crippen molar-refractivity contribution in [3.63, 3.8) is 0 Å². The summed E-state index contributed by atoms with van der Waals surface area (Å²) in [7, 11) is -1.57. The molecule has 2 aromatic carbocycles. The molecule has 0 atom stereocenters. The summed E-state index contributed by atoms with van der Waals surface area (Å²) in [4.78, 5) is 9.87. The molecule has 0 saturated carbocycles. The predicted octanol–water partition coefficient (Wildman–Crippen LogP) is 3.07. The highest BCUT2D eigenvalue weighted by Gasteiger charge is 2.27. The second kappa shape index (κ2) is 6.93. The highest BCUT2D eigenvalue weighted by Crippen LogP contribution is 2.33. The minimum atomic E-state index is -4.25. The standard InChI is InChI=1S/C14H13ClN2O6S/c1-22-10-4-6-14(12(8-10)17(18)19)24(20,21)16-11-7-9(15)3-5-13(11)23-2/h3-8,16H,1-2H3. The third-order valence-corrected chi connectivity index (χ3v) is 4.71. The number of nitrogens with one attached hydrogen (secondary N) is 1. The van der Waals surface area contributed by atoms with Crippen LogP contribution in [0, 0.1) is 10.1 Å². The van der Waals surface area contributed by atoms with Crippen molar-refractivity contribution in [3.05, 3.63) is 51.5 Å². The molecule has 0 heterocycles. The SMILES string of the molecule is COc1ccc(S(=O)(=O)Nc2cc(Cl)ccc2OC)c([N+](=O)[O-])c1. The Hall–Kier alpha value is -2.52. The van der Waals surface area contributed by atoms with Crippen molar-refractivity contribution in [1.82, 2.24) is 0 Å². The van der Waals surface area contributed by atoms with Crippen LogP contribution in [0.25, 0.3) is 0 Å². The molecule has 0 saturated heterocycles. The molecular weight excluding hydrogens is 360 g/mol. The summed E-state index contributed by atoms with van der Waals surface area (Å²) >= 11 is 5.85. The molecule has 0 aliphatic rings. The monoisotopic (exact) mass is 372 g/mol. The Bertz CT molecular complexity index is 885. The van der Waals surface area contributed by atoms with Crippen molar-refractivity contribution < 1.29 is 22.8 Å². The summed E-state index contributed by atoms with van der Waals surface area (Å²) in [5, 5.41) is 11.5. The topological polar surface area (TPSA) is 108 Å². The summed E-state index contributed by atoms with van der Waals surface area (Å²) in [5.74, 6) is 0.389. The predicted molar refractivity (Wildman–Crippen MR) is 88.5 cm³/mol. The smallest absolute Gasteiger partial charge is 0.293 e. The van der Waals surface area contributed by atoms with Crippen molar-refractivity contribution in [3.8, 4) is 11.5 Å². The number of sulfonamides is 1. The lowest BCUT2D eigenvalue weighted by Crippen LogP contribution is -2.15. The van der Waals surface area contributed by atoms with E-state index < -0.39 is 25.5 Å². The van der Waals surface area contributed by atoms with Gasteiger partial charge in [-0.15, -0.1) is 0 Å². The zero-order valence-electron chi connectivity index (χ0n) is 12.6. The molecule has 0 aromatic heterocycles. The van der Waals surface area contributed by atoms with Gasteiger partial charge in [0.1, 0.15) is 11.5 Å². The summed E-state index contributed by atoms with van der Waals surface area (Å²) in [6, 6.07) is 7.78. The molecule has 0 aliphatic heterocycles. The quantitative estimate of drug-likeness (QED) is 0.616. The number of hydrogen-bond acceptors (Lipinski definition) is 6. The van der Waals surface area contributed by atoms with E-state index in [2.05, 4.69) is 4.72 Å². The highest BCUT2D eigenvalue weighted by molar-refractivity contribution is 7.92. The molecule has 2 aromatic rings. The third kappa shape index (κ3) is 3.69. The van der Waals surface area contributed by atoms with Gasteiger partial charge in [-0.05, 0) is 30.3 Å². The van der Waals surface area contributed by atoms with Crippen molar-refractivity contribution in [1.29, 1.82) is 0 Å². The van der Waals surface area contributed by atoms with Gasteiger partial charge in [0.25, 0.3) is 15.7 Å². The van der Waals surface area contributed by atoms with Crippen LogP contribution in [0.4, 0.5) is 11.4 Å². The Kier molecular flexibility index (Phi) is 5.15. The molecule has 1 N–H and O–H groups in total. The third-order valence-electron chi connectivity index (χ3n) is 3.06. The van der Waals surface area contributed by atoms with Crippen LogP contribution in [0.1, 0.15) is 0 Å². The molecule has 0 unspecified atom stereocenters. The Morgan fingerprint density at radius 3 is 2.42 bits per heavy atom. The fourth-order valence-electron chi connectivity index (χ4n) is 1.95. The van der Waals surface area contributed by atoms with Crippen LogP contribution in [0.3, 0.4) is 0 Å². The van der Waals surface area contributed by atoms with Crippen LogP contribution >= 0.6 is 11.6 Å². The first-order valence-corrected chi connectivity index (χ1v) is 8.33. The lowest BCUT2D eigenvalue weighted by molar-refractivity contribution is -0.387. The minimum Gasteiger partial charge on any atom is -0.497 e.